The molecule has 9 heteroatoms. The van der Waals surface area contributed by atoms with E-state index in [1.54, 1.807) is 51.1 Å². The normalized spacial score (nSPS) is 19.7. The number of fused-ring (bicyclic) bond motifs is 1. The fourth-order valence-electron chi connectivity index (χ4n) is 5.01. The van der Waals surface area contributed by atoms with Crippen LogP contribution in [0.15, 0.2) is 82.6 Å². The number of hydrogen-bond acceptors (Lipinski definition) is 7. The van der Waals surface area contributed by atoms with Gasteiger partial charge in [0.2, 0.25) is 0 Å². The third kappa shape index (κ3) is 4.43. The number of nitrogens with one attached hydrogen (secondary N) is 2. The number of nitro benzene ring substituents is 1. The summed E-state index contributed by atoms with van der Waals surface area (Å²) in [7, 11) is 0. The van der Waals surface area contributed by atoms with Crippen molar-refractivity contribution in [3.63, 3.8) is 0 Å². The van der Waals surface area contributed by atoms with E-state index in [9.17, 15) is 19.7 Å². The summed E-state index contributed by atoms with van der Waals surface area (Å²) < 4.78 is 5.34. The summed E-state index contributed by atoms with van der Waals surface area (Å²) in [6.45, 7) is 5.44. The smallest absolute Gasteiger partial charge is 0.336 e. The van der Waals surface area contributed by atoms with E-state index in [4.69, 9.17) is 4.74 Å². The molecule has 0 saturated heterocycles. The maximum absolute atomic E-state index is 13.7. The lowest BCUT2D eigenvalue weighted by Gasteiger charge is -2.32. The van der Waals surface area contributed by atoms with Gasteiger partial charge in [-0.2, -0.15) is 0 Å². The van der Waals surface area contributed by atoms with Crippen molar-refractivity contribution in [1.29, 1.82) is 0 Å². The van der Waals surface area contributed by atoms with Gasteiger partial charge >= 0.3 is 5.97 Å². The molecule has 5 rings (SSSR count). The summed E-state index contributed by atoms with van der Waals surface area (Å²) in [6, 6.07) is 18.0. The largest absolute Gasteiger partial charge is 0.463 e. The van der Waals surface area contributed by atoms with Crippen LogP contribution in [-0.4, -0.2) is 34.1 Å². The number of carbonyl (C=O) groups is 2. The molecule has 1 aromatic heterocycles. The van der Waals surface area contributed by atoms with Crippen LogP contribution in [0, 0.1) is 23.0 Å². The number of aryl methyl sites for hydroxylation is 1. The van der Waals surface area contributed by atoms with E-state index in [-0.39, 0.29) is 23.8 Å². The van der Waals surface area contributed by atoms with Crippen LogP contribution < -0.4 is 5.32 Å². The van der Waals surface area contributed by atoms with E-state index in [0.29, 0.717) is 39.6 Å². The van der Waals surface area contributed by atoms with Crippen LogP contribution in [-0.2, 0) is 14.3 Å². The minimum absolute atomic E-state index is 0.0387. The molecule has 0 amide bonds. The van der Waals surface area contributed by atoms with Crippen LogP contribution in [0.1, 0.15) is 36.6 Å². The Morgan fingerprint density at radius 1 is 1.11 bits per heavy atom. The van der Waals surface area contributed by atoms with Crippen molar-refractivity contribution >= 4 is 29.4 Å². The van der Waals surface area contributed by atoms with Gasteiger partial charge in [0.05, 0.1) is 23.0 Å². The van der Waals surface area contributed by atoms with Gasteiger partial charge in [0.15, 0.2) is 5.78 Å². The number of Topliss-reactive ketones (excluding diaryl/α,β-unsaturated/α-hetero) is 1. The average Bonchev–Trinajstić information content (AvgIpc) is 3.48. The molecule has 0 fully saturated rings. The van der Waals surface area contributed by atoms with Gasteiger partial charge in [-0.1, -0.05) is 42.5 Å². The van der Waals surface area contributed by atoms with Gasteiger partial charge in [0.25, 0.3) is 5.69 Å². The van der Waals surface area contributed by atoms with Crippen molar-refractivity contribution < 1.29 is 19.2 Å². The highest BCUT2D eigenvalue weighted by atomic mass is 16.6. The number of benzene rings is 2. The SMILES string of the molecule is CCOC(=O)C1=C(C)NC2=N/C(=C\c3ccc(-c4ccc(C)c([N+](=O)[O-])c4)[nH]3)C(=O)C2C1c1ccccc1. The molecule has 0 radical (unpaired) electrons. The number of allylic oxidation sites excluding steroid dienone is 2. The Morgan fingerprint density at radius 2 is 1.87 bits per heavy atom. The molecule has 3 aromatic rings. The summed E-state index contributed by atoms with van der Waals surface area (Å²) in [6.07, 6.45) is 1.66. The lowest BCUT2D eigenvalue weighted by atomic mass is 9.75. The lowest BCUT2D eigenvalue weighted by molar-refractivity contribution is -0.385. The molecule has 0 bridgehead atoms. The molecule has 3 heterocycles. The second-order valence-electron chi connectivity index (χ2n) is 9.23. The van der Waals surface area contributed by atoms with Crippen LogP contribution in [0.25, 0.3) is 17.3 Å². The van der Waals surface area contributed by atoms with E-state index in [1.165, 1.54) is 6.07 Å². The molecule has 0 aliphatic carbocycles. The summed E-state index contributed by atoms with van der Waals surface area (Å²) in [4.78, 5) is 45.4. The molecule has 9 nitrogen and oxygen atoms in total. The van der Waals surface area contributed by atoms with E-state index >= 15 is 0 Å². The van der Waals surface area contributed by atoms with Gasteiger partial charge in [-0.25, -0.2) is 9.79 Å². The highest BCUT2D eigenvalue weighted by Crippen LogP contribution is 2.42. The Kier molecular flexibility index (Phi) is 6.50. The molecule has 2 atom stereocenters. The Labute approximate surface area is 219 Å². The lowest BCUT2D eigenvalue weighted by Crippen LogP contribution is -2.42. The molecule has 192 valence electrons. The molecule has 0 saturated carbocycles. The van der Waals surface area contributed by atoms with Crippen molar-refractivity contribution in [2.24, 2.45) is 10.9 Å². The van der Waals surface area contributed by atoms with Crippen LogP contribution in [0.2, 0.25) is 0 Å². The number of esters is 1. The first-order chi connectivity index (χ1) is 18.3. The Morgan fingerprint density at radius 3 is 2.58 bits per heavy atom. The van der Waals surface area contributed by atoms with Crippen LogP contribution >= 0.6 is 0 Å². The van der Waals surface area contributed by atoms with Gasteiger partial charge < -0.3 is 15.0 Å². The predicted molar refractivity (Wildman–Crippen MR) is 143 cm³/mol. The number of nitrogens with zero attached hydrogens (tertiary/aromatic N) is 2. The van der Waals surface area contributed by atoms with Crippen molar-refractivity contribution in [3.05, 3.63) is 105 Å². The van der Waals surface area contributed by atoms with Gasteiger partial charge in [0, 0.05) is 40.2 Å². The standard InChI is InChI=1S/C29H26N4O5/c1-4-38-29(35)24-17(3)30-28-26(25(24)18-8-6-5-7-9-18)27(34)22(32-28)15-20-12-13-21(31-20)19-11-10-16(2)23(14-19)33(36)37/h5-15,25-26,31H,4H2,1-3H3,(H,30,32)/b22-15-. The van der Waals surface area contributed by atoms with E-state index in [0.717, 1.165) is 5.56 Å². The number of ketones is 1. The fourth-order valence-corrected chi connectivity index (χ4v) is 5.01. The Hall–Kier alpha value is -4.79. The number of amidine groups is 1. The molecule has 2 aliphatic rings. The number of ether oxygens (including phenoxy) is 1. The van der Waals surface area contributed by atoms with Gasteiger partial charge in [-0.05, 0) is 44.5 Å². The number of H-pyrrole nitrogens is 1. The summed E-state index contributed by atoms with van der Waals surface area (Å²) in [5.41, 5.74) is 4.68. The molecule has 2 aromatic carbocycles. The first-order valence-corrected chi connectivity index (χ1v) is 12.3. The average molecular weight is 511 g/mol. The predicted octanol–water partition coefficient (Wildman–Crippen LogP) is 5.06. The summed E-state index contributed by atoms with van der Waals surface area (Å²) >= 11 is 0. The molecule has 2 aliphatic heterocycles. The van der Waals surface area contributed by atoms with E-state index in [2.05, 4.69) is 15.3 Å². The Bertz CT molecular complexity index is 1550. The zero-order chi connectivity index (χ0) is 27.0. The zero-order valence-corrected chi connectivity index (χ0v) is 21.1. The number of rotatable bonds is 6. The maximum atomic E-state index is 13.7. The minimum atomic E-state index is -0.694. The fraction of sp³-hybridized carbons (Fsp3) is 0.207. The second-order valence-corrected chi connectivity index (χ2v) is 9.23. The first-order valence-electron chi connectivity index (χ1n) is 12.3. The first kappa shape index (κ1) is 24.9. The van der Waals surface area contributed by atoms with Crippen molar-refractivity contribution in [1.82, 2.24) is 10.3 Å². The van der Waals surface area contributed by atoms with Crippen molar-refractivity contribution in [2.75, 3.05) is 6.61 Å². The number of carbonyl (C=O) groups excluding carboxylic acids is 2. The molecule has 2 unspecified atom stereocenters. The van der Waals surface area contributed by atoms with E-state index < -0.39 is 22.7 Å². The van der Waals surface area contributed by atoms with Gasteiger partial charge in [-0.3, -0.25) is 14.9 Å². The second kappa shape index (κ2) is 9.93. The topological polar surface area (TPSA) is 127 Å². The summed E-state index contributed by atoms with van der Waals surface area (Å²) in [5.74, 6) is -1.42. The van der Waals surface area contributed by atoms with Crippen molar-refractivity contribution in [2.45, 2.75) is 26.7 Å². The monoisotopic (exact) mass is 510 g/mol. The number of hydrogen-bond donors (Lipinski definition) is 2. The highest BCUT2D eigenvalue weighted by molar-refractivity contribution is 6.21. The third-order valence-corrected chi connectivity index (χ3v) is 6.81. The van der Waals surface area contributed by atoms with Crippen molar-refractivity contribution in [3.8, 4) is 11.3 Å². The number of aromatic nitrogens is 1. The number of nitro groups is 1. The molecular formula is C29H26N4O5. The van der Waals surface area contributed by atoms with Crippen LogP contribution in [0.5, 0.6) is 0 Å². The Balaban J connectivity index is 1.50. The quantitative estimate of drug-likeness (QED) is 0.207. The molecule has 2 N–H and O–H groups in total. The highest BCUT2D eigenvalue weighted by Gasteiger charge is 2.47. The maximum Gasteiger partial charge on any atom is 0.336 e. The third-order valence-electron chi connectivity index (χ3n) is 6.81. The molecule has 38 heavy (non-hydrogen) atoms. The molecule has 0 spiro atoms. The number of aromatic amines is 1. The van der Waals surface area contributed by atoms with Crippen LogP contribution in [0.3, 0.4) is 0 Å². The van der Waals surface area contributed by atoms with Gasteiger partial charge in [-0.15, -0.1) is 0 Å². The zero-order valence-electron chi connectivity index (χ0n) is 21.1. The van der Waals surface area contributed by atoms with E-state index in [1.807, 2.05) is 30.3 Å². The summed E-state index contributed by atoms with van der Waals surface area (Å²) in [5, 5.41) is 14.5. The minimum Gasteiger partial charge on any atom is -0.463 e. The molecular weight excluding hydrogens is 484 g/mol. The van der Waals surface area contributed by atoms with Crippen LogP contribution in [0.4, 0.5) is 5.69 Å². The van der Waals surface area contributed by atoms with Gasteiger partial charge in [0.1, 0.15) is 11.5 Å². The number of aliphatic imine (C=N–C) groups is 1.